The van der Waals surface area contributed by atoms with Crippen LogP contribution in [0.1, 0.15) is 38.2 Å². The Balaban J connectivity index is 2.10. The van der Waals surface area contributed by atoms with Gasteiger partial charge in [-0.1, -0.05) is 24.8 Å². The Kier molecular flexibility index (Phi) is 4.99. The van der Waals surface area contributed by atoms with Gasteiger partial charge in [-0.05, 0) is 37.0 Å². The SMILES string of the molecule is C#Cc1cccc(NC(=O)C(NC(C)=O)C2CCCC2)c1. The molecule has 1 atom stereocenters. The zero-order valence-corrected chi connectivity index (χ0v) is 12.2. The summed E-state index contributed by atoms with van der Waals surface area (Å²) in [6.07, 6.45) is 9.53. The summed E-state index contributed by atoms with van der Waals surface area (Å²) in [7, 11) is 0. The van der Waals surface area contributed by atoms with Crippen molar-refractivity contribution in [3.63, 3.8) is 0 Å². The highest BCUT2D eigenvalue weighted by Crippen LogP contribution is 2.28. The Bertz CT molecular complexity index is 568. The van der Waals surface area contributed by atoms with Crippen LogP contribution in [0.15, 0.2) is 24.3 Å². The van der Waals surface area contributed by atoms with Crippen molar-refractivity contribution in [2.24, 2.45) is 5.92 Å². The Morgan fingerprint density at radius 2 is 2.05 bits per heavy atom. The van der Waals surface area contributed by atoms with E-state index in [1.165, 1.54) is 6.92 Å². The summed E-state index contributed by atoms with van der Waals surface area (Å²) >= 11 is 0. The third-order valence-corrected chi connectivity index (χ3v) is 3.81. The molecule has 0 aliphatic heterocycles. The van der Waals surface area contributed by atoms with Gasteiger partial charge in [0.2, 0.25) is 11.8 Å². The molecule has 1 aromatic rings. The van der Waals surface area contributed by atoms with E-state index in [4.69, 9.17) is 6.42 Å². The predicted molar refractivity (Wildman–Crippen MR) is 82.6 cm³/mol. The van der Waals surface area contributed by atoms with E-state index in [1.807, 2.05) is 0 Å². The molecule has 1 saturated carbocycles. The van der Waals surface area contributed by atoms with Gasteiger partial charge >= 0.3 is 0 Å². The molecule has 0 saturated heterocycles. The minimum absolute atomic E-state index is 0.175. The fourth-order valence-corrected chi connectivity index (χ4v) is 2.81. The average molecular weight is 284 g/mol. The van der Waals surface area contributed by atoms with Crippen molar-refractivity contribution in [1.82, 2.24) is 5.32 Å². The van der Waals surface area contributed by atoms with E-state index in [2.05, 4.69) is 16.6 Å². The molecule has 0 heterocycles. The molecule has 1 aliphatic rings. The van der Waals surface area contributed by atoms with Gasteiger partial charge in [-0.25, -0.2) is 0 Å². The van der Waals surface area contributed by atoms with Crippen molar-refractivity contribution in [2.45, 2.75) is 38.6 Å². The number of anilines is 1. The molecule has 0 spiro atoms. The molecule has 1 aliphatic carbocycles. The summed E-state index contributed by atoms with van der Waals surface area (Å²) < 4.78 is 0. The Morgan fingerprint density at radius 1 is 1.33 bits per heavy atom. The molecule has 21 heavy (non-hydrogen) atoms. The van der Waals surface area contributed by atoms with Gasteiger partial charge in [0.15, 0.2) is 0 Å². The molecule has 0 radical (unpaired) electrons. The van der Waals surface area contributed by atoms with E-state index < -0.39 is 6.04 Å². The topological polar surface area (TPSA) is 58.2 Å². The van der Waals surface area contributed by atoms with Crippen LogP contribution < -0.4 is 10.6 Å². The third-order valence-electron chi connectivity index (χ3n) is 3.81. The lowest BCUT2D eigenvalue weighted by Crippen LogP contribution is -2.47. The van der Waals surface area contributed by atoms with Crippen LogP contribution >= 0.6 is 0 Å². The van der Waals surface area contributed by atoms with Crippen LogP contribution in [-0.4, -0.2) is 17.9 Å². The molecule has 0 aromatic heterocycles. The number of hydrogen-bond acceptors (Lipinski definition) is 2. The summed E-state index contributed by atoms with van der Waals surface area (Å²) in [5, 5.41) is 5.63. The molecular weight excluding hydrogens is 264 g/mol. The van der Waals surface area contributed by atoms with Gasteiger partial charge in [-0.3, -0.25) is 9.59 Å². The first kappa shape index (κ1) is 15.1. The van der Waals surface area contributed by atoms with Gasteiger partial charge in [-0.15, -0.1) is 6.42 Å². The summed E-state index contributed by atoms with van der Waals surface area (Å²) in [6.45, 7) is 1.44. The Morgan fingerprint density at radius 3 is 2.67 bits per heavy atom. The molecule has 1 fully saturated rings. The monoisotopic (exact) mass is 284 g/mol. The summed E-state index contributed by atoms with van der Waals surface area (Å²) in [6, 6.07) is 6.67. The number of hydrogen-bond donors (Lipinski definition) is 2. The van der Waals surface area contributed by atoms with Crippen LogP contribution in [0.5, 0.6) is 0 Å². The number of amides is 2. The highest BCUT2D eigenvalue weighted by Gasteiger charge is 2.31. The van der Waals surface area contributed by atoms with Crippen LogP contribution in [0.2, 0.25) is 0 Å². The predicted octanol–water partition coefficient (Wildman–Crippen LogP) is 2.30. The van der Waals surface area contributed by atoms with Gasteiger partial charge in [0, 0.05) is 18.2 Å². The van der Waals surface area contributed by atoms with Crippen LogP contribution in [0.25, 0.3) is 0 Å². The molecule has 2 amide bonds. The van der Waals surface area contributed by atoms with Gasteiger partial charge in [0.1, 0.15) is 6.04 Å². The van der Waals surface area contributed by atoms with E-state index in [-0.39, 0.29) is 17.7 Å². The fraction of sp³-hybridized carbons (Fsp3) is 0.412. The lowest BCUT2D eigenvalue weighted by Gasteiger charge is -2.23. The zero-order valence-electron chi connectivity index (χ0n) is 12.2. The molecule has 1 aromatic carbocycles. The van der Waals surface area contributed by atoms with Crippen molar-refractivity contribution < 1.29 is 9.59 Å². The van der Waals surface area contributed by atoms with Gasteiger partial charge < -0.3 is 10.6 Å². The van der Waals surface area contributed by atoms with Crippen LogP contribution in [0.3, 0.4) is 0 Å². The maximum absolute atomic E-state index is 12.5. The summed E-state index contributed by atoms with van der Waals surface area (Å²) in [5.74, 6) is 2.39. The molecule has 0 bridgehead atoms. The first-order valence-corrected chi connectivity index (χ1v) is 7.25. The first-order valence-electron chi connectivity index (χ1n) is 7.25. The number of carbonyl (C=O) groups excluding carboxylic acids is 2. The zero-order chi connectivity index (χ0) is 15.2. The van der Waals surface area contributed by atoms with Gasteiger partial charge in [0.05, 0.1) is 0 Å². The van der Waals surface area contributed by atoms with E-state index in [9.17, 15) is 9.59 Å². The van der Waals surface area contributed by atoms with Crippen molar-refractivity contribution in [2.75, 3.05) is 5.32 Å². The van der Waals surface area contributed by atoms with E-state index in [0.29, 0.717) is 11.3 Å². The summed E-state index contributed by atoms with van der Waals surface area (Å²) in [5.41, 5.74) is 1.37. The second-order valence-electron chi connectivity index (χ2n) is 5.44. The number of nitrogens with one attached hydrogen (secondary N) is 2. The molecule has 110 valence electrons. The lowest BCUT2D eigenvalue weighted by atomic mass is 9.97. The smallest absolute Gasteiger partial charge is 0.247 e. The van der Waals surface area contributed by atoms with Crippen LogP contribution in [-0.2, 0) is 9.59 Å². The third kappa shape index (κ3) is 4.09. The standard InChI is InChI=1S/C17H20N2O2/c1-3-13-7-6-10-15(11-13)19-17(21)16(18-12(2)20)14-8-4-5-9-14/h1,6-7,10-11,14,16H,4-5,8-9H2,2H3,(H,18,20)(H,19,21). The number of carbonyl (C=O) groups is 2. The number of terminal acetylenes is 1. The molecule has 2 N–H and O–H groups in total. The summed E-state index contributed by atoms with van der Waals surface area (Å²) in [4.78, 5) is 23.8. The fourth-order valence-electron chi connectivity index (χ4n) is 2.81. The Labute approximate surface area is 125 Å². The van der Waals surface area contributed by atoms with Gasteiger partial charge in [-0.2, -0.15) is 0 Å². The largest absolute Gasteiger partial charge is 0.344 e. The van der Waals surface area contributed by atoms with Crippen LogP contribution in [0, 0.1) is 18.3 Å². The first-order chi connectivity index (χ1) is 10.1. The molecule has 4 nitrogen and oxygen atoms in total. The minimum Gasteiger partial charge on any atom is -0.344 e. The minimum atomic E-state index is -0.473. The second kappa shape index (κ2) is 6.94. The maximum atomic E-state index is 12.5. The average Bonchev–Trinajstić information content (AvgIpc) is 2.98. The van der Waals surface area contributed by atoms with Gasteiger partial charge in [0.25, 0.3) is 0 Å². The number of rotatable bonds is 4. The van der Waals surface area contributed by atoms with Crippen LogP contribution in [0.4, 0.5) is 5.69 Å². The second-order valence-corrected chi connectivity index (χ2v) is 5.44. The van der Waals surface area contributed by atoms with Crippen molar-refractivity contribution in [3.05, 3.63) is 29.8 Å². The number of benzene rings is 1. The van der Waals surface area contributed by atoms with Crippen molar-refractivity contribution >= 4 is 17.5 Å². The normalized spacial score (nSPS) is 16.0. The Hall–Kier alpha value is -2.28. The van der Waals surface area contributed by atoms with Crippen molar-refractivity contribution in [1.29, 1.82) is 0 Å². The molecular formula is C17H20N2O2. The maximum Gasteiger partial charge on any atom is 0.247 e. The highest BCUT2D eigenvalue weighted by molar-refractivity contribution is 5.97. The van der Waals surface area contributed by atoms with E-state index >= 15 is 0 Å². The van der Waals surface area contributed by atoms with E-state index in [1.54, 1.807) is 24.3 Å². The molecule has 1 unspecified atom stereocenters. The lowest BCUT2D eigenvalue weighted by molar-refractivity contribution is -0.126. The van der Waals surface area contributed by atoms with E-state index in [0.717, 1.165) is 25.7 Å². The molecule has 4 heteroatoms. The van der Waals surface area contributed by atoms with Crippen molar-refractivity contribution in [3.8, 4) is 12.3 Å². The highest BCUT2D eigenvalue weighted by atomic mass is 16.2. The quantitative estimate of drug-likeness (QED) is 0.834. The molecule has 2 rings (SSSR count).